The van der Waals surface area contributed by atoms with Crippen LogP contribution in [0.2, 0.25) is 0 Å². The average Bonchev–Trinajstić information content (AvgIpc) is 2.50. The molecule has 0 aliphatic heterocycles. The maximum atomic E-state index is 12.4. The third-order valence-corrected chi connectivity index (χ3v) is 3.84. The minimum absolute atomic E-state index is 0.140. The highest BCUT2D eigenvalue weighted by atomic mass is 16.3. The molecule has 0 fully saturated rings. The fraction of sp³-hybridized carbons (Fsp3) is 0.278. The van der Waals surface area contributed by atoms with Gasteiger partial charge in [-0.2, -0.15) is 0 Å². The van der Waals surface area contributed by atoms with E-state index in [-0.39, 0.29) is 11.2 Å². The van der Waals surface area contributed by atoms with Gasteiger partial charge in [0.05, 0.1) is 16.6 Å². The number of nitrogens with zero attached hydrogens (tertiary/aromatic N) is 2. The smallest absolute Gasteiger partial charge is 0.193 e. The summed E-state index contributed by atoms with van der Waals surface area (Å²) in [5, 5.41) is 10.6. The monoisotopic (exact) mass is 310 g/mol. The molecule has 5 heteroatoms. The van der Waals surface area contributed by atoms with E-state index in [0.717, 1.165) is 12.1 Å². The van der Waals surface area contributed by atoms with E-state index in [4.69, 9.17) is 4.42 Å². The molecule has 1 aromatic carbocycles. The van der Waals surface area contributed by atoms with Crippen molar-refractivity contribution in [1.29, 1.82) is 0 Å². The van der Waals surface area contributed by atoms with Crippen molar-refractivity contribution in [2.45, 2.75) is 33.6 Å². The number of rotatable bonds is 3. The van der Waals surface area contributed by atoms with Crippen molar-refractivity contribution < 1.29 is 9.52 Å². The Kier molecular flexibility index (Phi) is 3.86. The predicted molar refractivity (Wildman–Crippen MR) is 88.6 cm³/mol. The summed E-state index contributed by atoms with van der Waals surface area (Å²) in [5.41, 5.74) is 2.39. The number of hydrogen-bond acceptors (Lipinski definition) is 5. The van der Waals surface area contributed by atoms with E-state index in [2.05, 4.69) is 9.97 Å². The second-order valence-corrected chi connectivity index (χ2v) is 5.58. The van der Waals surface area contributed by atoms with Crippen molar-refractivity contribution in [3.05, 3.63) is 51.7 Å². The first-order valence-corrected chi connectivity index (χ1v) is 7.60. The molecule has 2 aromatic heterocycles. The summed E-state index contributed by atoms with van der Waals surface area (Å²) >= 11 is 0. The first-order chi connectivity index (χ1) is 11.0. The zero-order valence-corrected chi connectivity index (χ0v) is 13.4. The van der Waals surface area contributed by atoms with Crippen molar-refractivity contribution in [2.75, 3.05) is 0 Å². The molecule has 0 spiro atoms. The predicted octanol–water partition coefficient (Wildman–Crippen LogP) is 3.52. The minimum atomic E-state index is -0.140. The molecule has 23 heavy (non-hydrogen) atoms. The van der Waals surface area contributed by atoms with Crippen molar-refractivity contribution >= 4 is 11.0 Å². The largest absolute Gasteiger partial charge is 0.508 e. The van der Waals surface area contributed by atoms with E-state index in [1.165, 1.54) is 6.07 Å². The van der Waals surface area contributed by atoms with E-state index in [0.29, 0.717) is 40.1 Å². The average molecular weight is 310 g/mol. The van der Waals surface area contributed by atoms with Crippen LogP contribution in [0.15, 0.2) is 33.6 Å². The number of phenols is 1. The molecular formula is C18H18N2O3. The van der Waals surface area contributed by atoms with Gasteiger partial charge in [-0.25, -0.2) is 9.97 Å². The molecule has 1 N–H and O–H groups in total. The van der Waals surface area contributed by atoms with Gasteiger partial charge >= 0.3 is 0 Å². The Balaban J connectivity index is 2.31. The second kappa shape index (κ2) is 5.83. The Bertz CT molecular complexity index is 945. The highest BCUT2D eigenvalue weighted by Gasteiger charge is 2.15. The van der Waals surface area contributed by atoms with E-state index in [9.17, 15) is 9.90 Å². The van der Waals surface area contributed by atoms with Gasteiger partial charge in [-0.15, -0.1) is 0 Å². The van der Waals surface area contributed by atoms with Crippen LogP contribution in [0.3, 0.4) is 0 Å². The molecule has 0 unspecified atom stereocenters. The zero-order chi connectivity index (χ0) is 16.6. The number of fused-ring (bicyclic) bond motifs is 1. The molecule has 5 nitrogen and oxygen atoms in total. The van der Waals surface area contributed by atoms with Crippen LogP contribution in [0, 0.1) is 13.8 Å². The van der Waals surface area contributed by atoms with Crippen LogP contribution >= 0.6 is 0 Å². The van der Waals surface area contributed by atoms with Gasteiger partial charge in [-0.3, -0.25) is 4.79 Å². The van der Waals surface area contributed by atoms with Crippen LogP contribution in [-0.4, -0.2) is 15.1 Å². The van der Waals surface area contributed by atoms with Gasteiger partial charge in [0.15, 0.2) is 5.43 Å². The number of aromatic hydroxyl groups is 1. The Morgan fingerprint density at radius 3 is 2.74 bits per heavy atom. The summed E-state index contributed by atoms with van der Waals surface area (Å²) in [6.45, 7) is 5.67. The topological polar surface area (TPSA) is 76.2 Å². The first-order valence-electron chi connectivity index (χ1n) is 7.60. The molecule has 0 aliphatic carbocycles. The normalized spacial score (nSPS) is 11.1. The van der Waals surface area contributed by atoms with E-state index in [1.54, 1.807) is 18.3 Å². The fourth-order valence-electron chi connectivity index (χ4n) is 2.71. The third kappa shape index (κ3) is 2.70. The Morgan fingerprint density at radius 2 is 2.04 bits per heavy atom. The highest BCUT2D eigenvalue weighted by molar-refractivity contribution is 5.83. The van der Waals surface area contributed by atoms with Crippen molar-refractivity contribution in [1.82, 2.24) is 9.97 Å². The van der Waals surface area contributed by atoms with Gasteiger partial charge in [-0.1, -0.05) is 13.3 Å². The molecule has 0 bridgehead atoms. The van der Waals surface area contributed by atoms with Gasteiger partial charge < -0.3 is 9.52 Å². The first kappa shape index (κ1) is 15.2. The minimum Gasteiger partial charge on any atom is -0.508 e. The van der Waals surface area contributed by atoms with Gasteiger partial charge in [0.2, 0.25) is 0 Å². The number of aryl methyl sites for hydroxylation is 3. The Labute approximate surface area is 133 Å². The molecule has 3 rings (SSSR count). The fourth-order valence-corrected chi connectivity index (χ4v) is 2.71. The van der Waals surface area contributed by atoms with Crippen LogP contribution in [0.5, 0.6) is 5.75 Å². The lowest BCUT2D eigenvalue weighted by Crippen LogP contribution is -2.03. The number of hydrogen-bond donors (Lipinski definition) is 1. The van der Waals surface area contributed by atoms with E-state index < -0.39 is 0 Å². The lowest BCUT2D eigenvalue weighted by Gasteiger charge is -2.10. The van der Waals surface area contributed by atoms with E-state index >= 15 is 0 Å². The molecule has 0 amide bonds. The molecule has 0 saturated heterocycles. The maximum absolute atomic E-state index is 12.4. The summed E-state index contributed by atoms with van der Waals surface area (Å²) in [7, 11) is 0. The third-order valence-electron chi connectivity index (χ3n) is 3.84. The summed E-state index contributed by atoms with van der Waals surface area (Å²) < 4.78 is 5.97. The molecule has 0 aliphatic rings. The van der Waals surface area contributed by atoms with Gasteiger partial charge in [0.25, 0.3) is 0 Å². The number of aromatic nitrogens is 2. The summed E-state index contributed by atoms with van der Waals surface area (Å²) in [6, 6.07) is 4.60. The molecule has 118 valence electrons. The lowest BCUT2D eigenvalue weighted by atomic mass is 10.0. The van der Waals surface area contributed by atoms with Crippen LogP contribution in [-0.2, 0) is 6.42 Å². The summed E-state index contributed by atoms with van der Waals surface area (Å²) in [6.07, 6.45) is 3.14. The molecular weight excluding hydrogens is 292 g/mol. The Morgan fingerprint density at radius 1 is 1.26 bits per heavy atom. The van der Waals surface area contributed by atoms with Crippen molar-refractivity contribution in [3.63, 3.8) is 0 Å². The highest BCUT2D eigenvalue weighted by Crippen LogP contribution is 2.30. The van der Waals surface area contributed by atoms with Gasteiger partial charge in [-0.05, 0) is 32.4 Å². The second-order valence-electron chi connectivity index (χ2n) is 5.58. The zero-order valence-electron chi connectivity index (χ0n) is 13.4. The molecule has 3 aromatic rings. The van der Waals surface area contributed by atoms with E-state index in [1.807, 2.05) is 20.8 Å². The molecule has 0 saturated carbocycles. The van der Waals surface area contributed by atoms with Crippen molar-refractivity contribution in [3.8, 4) is 17.1 Å². The van der Waals surface area contributed by atoms with Crippen LogP contribution in [0.1, 0.15) is 30.4 Å². The van der Waals surface area contributed by atoms with Crippen LogP contribution < -0.4 is 5.43 Å². The molecule has 0 atom stereocenters. The quantitative estimate of drug-likeness (QED) is 0.801. The standard InChI is InChI=1S/C18H18N2O3/c1-4-5-12-15(21)7-6-13-16(22)8-17(23-18(12)13)14-9-19-11(3)20-10(14)2/h6-9,21H,4-5H2,1-3H3. The van der Waals surface area contributed by atoms with Crippen LogP contribution in [0.25, 0.3) is 22.3 Å². The summed E-state index contributed by atoms with van der Waals surface area (Å²) in [4.78, 5) is 20.9. The lowest BCUT2D eigenvalue weighted by molar-refractivity contribution is 0.466. The molecule has 2 heterocycles. The van der Waals surface area contributed by atoms with Crippen LogP contribution in [0.4, 0.5) is 0 Å². The SMILES string of the molecule is CCCc1c(O)ccc2c(=O)cc(-c3cnc(C)nc3C)oc12. The van der Waals surface area contributed by atoms with Gasteiger partial charge in [0.1, 0.15) is 22.9 Å². The number of benzene rings is 1. The maximum Gasteiger partial charge on any atom is 0.193 e. The summed E-state index contributed by atoms with van der Waals surface area (Å²) in [5.74, 6) is 1.23. The van der Waals surface area contributed by atoms with Gasteiger partial charge in [0, 0.05) is 17.8 Å². The van der Waals surface area contributed by atoms with Crippen molar-refractivity contribution in [2.24, 2.45) is 0 Å². The molecule has 0 radical (unpaired) electrons. The number of phenolic OH excluding ortho intramolecular Hbond substituents is 1. The Hall–Kier alpha value is -2.69.